The van der Waals surface area contributed by atoms with Crippen molar-refractivity contribution in [2.45, 2.75) is 35.5 Å². The first-order chi connectivity index (χ1) is 14.3. The Labute approximate surface area is 186 Å². The molecule has 0 amide bonds. The molecule has 3 rings (SSSR count). The summed E-state index contributed by atoms with van der Waals surface area (Å²) in [5.41, 5.74) is 3.20. The predicted molar refractivity (Wildman–Crippen MR) is 122 cm³/mol. The van der Waals surface area contributed by atoms with Crippen molar-refractivity contribution in [2.24, 2.45) is 5.14 Å². The lowest BCUT2D eigenvalue weighted by molar-refractivity contribution is -0.111. The van der Waals surface area contributed by atoms with Crippen molar-refractivity contribution in [3.63, 3.8) is 0 Å². The first-order valence-electron chi connectivity index (χ1n) is 9.45. The number of carbonyl (C=O) groups excluding carboxylic acids is 1. The number of hydrogen-bond acceptors (Lipinski definition) is 4. The molecule has 2 N–H and O–H groups in total. The van der Waals surface area contributed by atoms with Gasteiger partial charge < -0.3 is 0 Å². The second-order valence-corrected chi connectivity index (χ2v) is 10.1. The van der Waals surface area contributed by atoms with E-state index in [4.69, 9.17) is 16.7 Å². The number of nitrogens with two attached hydrogens (primary N) is 1. The van der Waals surface area contributed by atoms with Gasteiger partial charge in [-0.25, -0.2) is 13.6 Å². The number of carbonyl (C=O) groups is 1. The van der Waals surface area contributed by atoms with E-state index in [0.717, 1.165) is 28.9 Å². The molecular weight excluding hydrogens is 438 g/mol. The van der Waals surface area contributed by atoms with Crippen LogP contribution in [0.5, 0.6) is 0 Å². The lowest BCUT2D eigenvalue weighted by Crippen LogP contribution is -2.11. The van der Waals surface area contributed by atoms with Crippen LogP contribution in [0.4, 0.5) is 0 Å². The van der Waals surface area contributed by atoms with E-state index < -0.39 is 10.0 Å². The van der Waals surface area contributed by atoms with Crippen LogP contribution >= 0.6 is 23.4 Å². The van der Waals surface area contributed by atoms with E-state index in [9.17, 15) is 13.2 Å². The zero-order valence-electron chi connectivity index (χ0n) is 16.3. The molecule has 0 fully saturated rings. The third kappa shape index (κ3) is 6.99. The van der Waals surface area contributed by atoms with Crippen LogP contribution in [0, 0.1) is 0 Å². The number of benzene rings is 3. The fraction of sp³-hybridized carbons (Fsp3) is 0.174. The molecule has 0 saturated heterocycles. The summed E-state index contributed by atoms with van der Waals surface area (Å²) in [5.74, 6) is 0. The maximum Gasteiger partial charge on any atom is 0.238 e. The second-order valence-electron chi connectivity index (χ2n) is 6.97. The van der Waals surface area contributed by atoms with Crippen molar-refractivity contribution < 1.29 is 13.2 Å². The van der Waals surface area contributed by atoms with Gasteiger partial charge in [0.2, 0.25) is 10.0 Å². The van der Waals surface area contributed by atoms with Gasteiger partial charge in [-0.1, -0.05) is 59.8 Å². The van der Waals surface area contributed by atoms with Crippen LogP contribution < -0.4 is 5.14 Å². The summed E-state index contributed by atoms with van der Waals surface area (Å²) < 4.78 is 22.7. The molecule has 4 nitrogen and oxygen atoms in total. The van der Waals surface area contributed by atoms with Crippen LogP contribution in [0.2, 0.25) is 5.02 Å². The summed E-state index contributed by atoms with van der Waals surface area (Å²) in [6.07, 6.45) is 2.79. The molecule has 0 aromatic heterocycles. The lowest BCUT2D eigenvalue weighted by Gasteiger charge is -2.06. The van der Waals surface area contributed by atoms with Gasteiger partial charge in [0.15, 0.2) is 5.12 Å². The molecule has 3 aromatic rings. The Morgan fingerprint density at radius 1 is 0.900 bits per heavy atom. The topological polar surface area (TPSA) is 77.2 Å². The second kappa shape index (κ2) is 10.3. The average Bonchev–Trinajstić information content (AvgIpc) is 2.69. The highest BCUT2D eigenvalue weighted by Gasteiger charge is 2.09. The van der Waals surface area contributed by atoms with Gasteiger partial charge in [-0.05, 0) is 72.4 Å². The van der Waals surface area contributed by atoms with E-state index in [0.29, 0.717) is 17.9 Å². The van der Waals surface area contributed by atoms with Crippen LogP contribution in [-0.4, -0.2) is 13.5 Å². The minimum absolute atomic E-state index is 0.0970. The van der Waals surface area contributed by atoms with E-state index in [1.807, 2.05) is 48.5 Å². The molecule has 0 aliphatic carbocycles. The van der Waals surface area contributed by atoms with Gasteiger partial charge in [-0.15, -0.1) is 0 Å². The summed E-state index contributed by atoms with van der Waals surface area (Å²) in [5, 5.41) is 5.98. The molecule has 7 heteroatoms. The molecule has 0 spiro atoms. The summed E-state index contributed by atoms with van der Waals surface area (Å²) in [4.78, 5) is 13.3. The number of thioether (sulfide) groups is 1. The quantitative estimate of drug-likeness (QED) is 0.468. The van der Waals surface area contributed by atoms with Crippen LogP contribution in [0.1, 0.15) is 29.5 Å². The Hall–Kier alpha value is -2.12. The Bertz CT molecular complexity index is 1110. The maximum absolute atomic E-state index is 12.3. The highest BCUT2D eigenvalue weighted by molar-refractivity contribution is 8.13. The monoisotopic (exact) mass is 459 g/mol. The zero-order valence-corrected chi connectivity index (χ0v) is 18.6. The maximum atomic E-state index is 12.3. The molecule has 0 bridgehead atoms. The molecule has 0 saturated carbocycles. The van der Waals surface area contributed by atoms with Gasteiger partial charge in [0.05, 0.1) is 4.90 Å². The van der Waals surface area contributed by atoms with Crippen molar-refractivity contribution in [1.29, 1.82) is 0 Å². The molecule has 0 unspecified atom stereocenters. The lowest BCUT2D eigenvalue weighted by atomic mass is 10.1. The van der Waals surface area contributed by atoms with E-state index in [1.165, 1.54) is 29.5 Å². The molecule has 0 radical (unpaired) electrons. The average molecular weight is 460 g/mol. The van der Waals surface area contributed by atoms with E-state index in [-0.39, 0.29) is 10.0 Å². The first-order valence-corrected chi connectivity index (χ1v) is 12.2. The standard InChI is InChI=1S/C23H22ClNO3S2/c24-20-11-7-17(8-12-20)3-2-6-23(26)29-21-5-1-4-19(16-21)15-18-9-13-22(14-10-18)30(25,27)28/h1,4-5,7-14,16H,2-3,6,15H2,(H2,25,27,28). The molecular formula is C23H22ClNO3S2. The highest BCUT2D eigenvalue weighted by Crippen LogP contribution is 2.24. The normalized spacial score (nSPS) is 11.4. The molecule has 30 heavy (non-hydrogen) atoms. The molecule has 0 aliphatic heterocycles. The number of rotatable bonds is 8. The summed E-state index contributed by atoms with van der Waals surface area (Å²) in [7, 11) is -3.69. The van der Waals surface area contributed by atoms with Gasteiger partial charge in [0.1, 0.15) is 0 Å². The fourth-order valence-corrected chi connectivity index (χ4v) is 4.53. The van der Waals surface area contributed by atoms with Gasteiger partial charge in [-0.3, -0.25) is 4.79 Å². The first kappa shape index (κ1) is 22.6. The molecule has 156 valence electrons. The number of sulfonamides is 1. The Kier molecular flexibility index (Phi) is 7.72. The highest BCUT2D eigenvalue weighted by atomic mass is 35.5. The molecule has 0 heterocycles. The summed E-state index contributed by atoms with van der Waals surface area (Å²) in [6, 6.07) is 22.1. The Morgan fingerprint density at radius 2 is 1.57 bits per heavy atom. The smallest absolute Gasteiger partial charge is 0.238 e. The fourth-order valence-electron chi connectivity index (χ4n) is 3.02. The van der Waals surface area contributed by atoms with Gasteiger partial charge in [0.25, 0.3) is 0 Å². The van der Waals surface area contributed by atoms with Crippen LogP contribution in [-0.2, 0) is 27.7 Å². The SMILES string of the molecule is NS(=O)(=O)c1ccc(Cc2cccc(SC(=O)CCCc3ccc(Cl)cc3)c2)cc1. The van der Waals surface area contributed by atoms with E-state index in [1.54, 1.807) is 12.1 Å². The minimum atomic E-state index is -3.69. The summed E-state index contributed by atoms with van der Waals surface area (Å²) in [6.45, 7) is 0. The number of aryl methyl sites for hydroxylation is 1. The third-order valence-electron chi connectivity index (χ3n) is 4.55. The van der Waals surface area contributed by atoms with Crippen molar-refractivity contribution in [2.75, 3.05) is 0 Å². The summed E-state index contributed by atoms with van der Waals surface area (Å²) >= 11 is 7.14. The van der Waals surface area contributed by atoms with Crippen molar-refractivity contribution in [3.05, 3.63) is 94.5 Å². The van der Waals surface area contributed by atoms with Crippen molar-refractivity contribution in [1.82, 2.24) is 0 Å². The Balaban J connectivity index is 1.53. The van der Waals surface area contributed by atoms with Crippen LogP contribution in [0.25, 0.3) is 0 Å². The largest absolute Gasteiger partial charge is 0.287 e. The molecule has 0 atom stereocenters. The third-order valence-corrected chi connectivity index (χ3v) is 6.65. The zero-order chi connectivity index (χ0) is 21.6. The van der Waals surface area contributed by atoms with Gasteiger partial charge in [0, 0.05) is 16.3 Å². The number of hydrogen-bond donors (Lipinski definition) is 1. The Morgan fingerprint density at radius 3 is 2.23 bits per heavy atom. The van der Waals surface area contributed by atoms with Gasteiger partial charge >= 0.3 is 0 Å². The van der Waals surface area contributed by atoms with Gasteiger partial charge in [-0.2, -0.15) is 0 Å². The molecule has 3 aromatic carbocycles. The predicted octanol–water partition coefficient (Wildman–Crippen LogP) is 5.22. The van der Waals surface area contributed by atoms with Crippen molar-refractivity contribution >= 4 is 38.5 Å². The van der Waals surface area contributed by atoms with Crippen molar-refractivity contribution in [3.8, 4) is 0 Å². The van der Waals surface area contributed by atoms with Crippen LogP contribution in [0.3, 0.4) is 0 Å². The number of halogens is 1. The minimum Gasteiger partial charge on any atom is -0.287 e. The molecule has 0 aliphatic rings. The number of primary sulfonamides is 1. The van der Waals surface area contributed by atoms with E-state index >= 15 is 0 Å². The van der Waals surface area contributed by atoms with E-state index in [2.05, 4.69) is 0 Å². The van der Waals surface area contributed by atoms with Crippen LogP contribution in [0.15, 0.2) is 82.6 Å².